The van der Waals surface area contributed by atoms with E-state index in [9.17, 15) is 19.8 Å². The van der Waals surface area contributed by atoms with Crippen LogP contribution in [0, 0.1) is 57.1 Å². The molecule has 2 aromatic carbocycles. The third-order valence-electron chi connectivity index (χ3n) is 16.6. The van der Waals surface area contributed by atoms with E-state index >= 15 is 4.39 Å². The number of ketones is 1. The number of carbonyl (C=O) groups is 2. The van der Waals surface area contributed by atoms with Crippen LogP contribution in [0.4, 0.5) is 9.18 Å². The van der Waals surface area contributed by atoms with Crippen LogP contribution in [-0.2, 0) is 22.5 Å². The quantitative estimate of drug-likeness (QED) is 0.247. The van der Waals surface area contributed by atoms with E-state index in [0.29, 0.717) is 55.6 Å². The number of amides is 1. The van der Waals surface area contributed by atoms with Crippen LogP contribution >= 0.6 is 11.6 Å². The van der Waals surface area contributed by atoms with Gasteiger partial charge in [0.2, 0.25) is 0 Å². The van der Waals surface area contributed by atoms with Crippen molar-refractivity contribution in [1.82, 2.24) is 4.90 Å². The zero-order valence-electron chi connectivity index (χ0n) is 33.9. The molecule has 0 saturated heterocycles. The van der Waals surface area contributed by atoms with Crippen molar-refractivity contribution >= 4 is 23.5 Å². The van der Waals surface area contributed by atoms with Gasteiger partial charge in [-0.05, 0) is 110 Å². The van der Waals surface area contributed by atoms with Crippen molar-refractivity contribution in [2.24, 2.45) is 51.2 Å². The van der Waals surface area contributed by atoms with E-state index in [-0.39, 0.29) is 58.8 Å². The molecule has 9 rings (SSSR count). The lowest BCUT2D eigenvalue weighted by Gasteiger charge is -2.71. The summed E-state index contributed by atoms with van der Waals surface area (Å²) in [5.41, 5.74) is -1.44. The molecule has 2 aromatic rings. The fraction of sp³-hybridized carbons (Fsp3) is 0.625. The molecule has 0 aliphatic heterocycles. The number of hydrogen-bond acceptors (Lipinski definition) is 5. The van der Waals surface area contributed by atoms with Gasteiger partial charge in [-0.3, -0.25) is 4.79 Å². The summed E-state index contributed by atoms with van der Waals surface area (Å²) in [6.45, 7) is 11.6. The molecule has 8 heteroatoms. The maximum Gasteiger partial charge on any atom is 0.410 e. The fourth-order valence-corrected chi connectivity index (χ4v) is 13.6. The minimum Gasteiger partial charge on any atom is -0.446 e. The van der Waals surface area contributed by atoms with Crippen molar-refractivity contribution in [2.45, 2.75) is 130 Å². The highest BCUT2D eigenvalue weighted by atomic mass is 35.5. The second kappa shape index (κ2) is 14.4. The average molecular weight is 786 g/mol. The second-order valence-electron chi connectivity index (χ2n) is 19.7. The Morgan fingerprint density at radius 1 is 0.946 bits per heavy atom. The maximum atomic E-state index is 15.2. The van der Waals surface area contributed by atoms with Gasteiger partial charge in [-0.15, -0.1) is 0 Å². The number of fused-ring (bicyclic) bond motifs is 1. The first-order valence-electron chi connectivity index (χ1n) is 21.4. The molecule has 11 atom stereocenters. The van der Waals surface area contributed by atoms with E-state index in [2.05, 4.69) is 52.8 Å². The van der Waals surface area contributed by atoms with Crippen molar-refractivity contribution in [2.75, 3.05) is 6.54 Å². The Balaban J connectivity index is 1.16. The highest BCUT2D eigenvalue weighted by molar-refractivity contribution is 6.31. The number of rotatable bonds is 9. The lowest BCUT2D eigenvalue weighted by atomic mass is 9.32. The molecule has 4 saturated carbocycles. The Hall–Kier alpha value is -3.00. The molecule has 302 valence electrons. The normalized spacial score (nSPS) is 39.7. The lowest BCUT2D eigenvalue weighted by Crippen LogP contribution is -2.67. The molecule has 0 heterocycles. The number of nitrogens with zero attached hydrogens (tertiary/aromatic N) is 1. The van der Waals surface area contributed by atoms with Gasteiger partial charge in [-0.2, -0.15) is 0 Å². The molecule has 56 heavy (non-hydrogen) atoms. The van der Waals surface area contributed by atoms with Gasteiger partial charge in [0.05, 0.1) is 18.2 Å². The third kappa shape index (κ3) is 6.15. The zero-order chi connectivity index (χ0) is 39.8. The van der Waals surface area contributed by atoms with Gasteiger partial charge in [0.1, 0.15) is 11.9 Å². The molecule has 0 aromatic heterocycles. The summed E-state index contributed by atoms with van der Waals surface area (Å²) in [6, 6.07) is 14.5. The summed E-state index contributed by atoms with van der Waals surface area (Å²) in [5.74, 6) is 0.502. The highest BCUT2D eigenvalue weighted by Crippen LogP contribution is 2.78. The summed E-state index contributed by atoms with van der Waals surface area (Å²) in [5, 5.41) is 24.5. The topological polar surface area (TPSA) is 87.1 Å². The maximum absolute atomic E-state index is 15.2. The van der Waals surface area contributed by atoms with Gasteiger partial charge in [0.25, 0.3) is 0 Å². The molecule has 2 bridgehead atoms. The van der Waals surface area contributed by atoms with E-state index in [4.69, 9.17) is 16.3 Å². The number of halogens is 2. The first kappa shape index (κ1) is 39.8. The standard InChI is InChI=1S/C48H61ClFNO5/c1-30(2)34-15-14-31(3)24-40(34)56-43(54)51(28-32-10-7-6-8-11-32)29-47(55)21-18-42-45(47,5)20-17-41-44(4)19-16-33(52)26-46(44)22-23-48(41,42)36(27-46)39(53)25-35-37(49)12-9-13-38(35)50/h6-13,22-23,27,30-31,33-34,40-42,52,55H,14-21,24-26,28-29H2,1-5H3. The van der Waals surface area contributed by atoms with E-state index in [1.807, 2.05) is 30.3 Å². The summed E-state index contributed by atoms with van der Waals surface area (Å²) < 4.78 is 21.7. The first-order chi connectivity index (χ1) is 26.6. The summed E-state index contributed by atoms with van der Waals surface area (Å²) in [4.78, 5) is 31.1. The Morgan fingerprint density at radius 2 is 1.66 bits per heavy atom. The molecule has 4 fully saturated rings. The monoisotopic (exact) mass is 785 g/mol. The van der Waals surface area contributed by atoms with Gasteiger partial charge in [-0.25, -0.2) is 9.18 Å². The lowest BCUT2D eigenvalue weighted by molar-refractivity contribution is -0.178. The number of aliphatic hydroxyl groups excluding tert-OH is 1. The van der Waals surface area contributed by atoms with Gasteiger partial charge < -0.3 is 19.8 Å². The predicted molar refractivity (Wildman–Crippen MR) is 217 cm³/mol. The Kier molecular flexibility index (Phi) is 10.2. The van der Waals surface area contributed by atoms with Crippen molar-refractivity contribution in [1.29, 1.82) is 0 Å². The molecule has 6 nitrogen and oxygen atoms in total. The Bertz CT molecular complexity index is 1900. The van der Waals surface area contributed by atoms with Crippen LogP contribution < -0.4 is 0 Å². The van der Waals surface area contributed by atoms with Crippen LogP contribution in [0.2, 0.25) is 5.02 Å². The highest BCUT2D eigenvalue weighted by Gasteiger charge is 2.74. The minimum atomic E-state index is -1.25. The van der Waals surface area contributed by atoms with Crippen LogP contribution in [0.25, 0.3) is 0 Å². The van der Waals surface area contributed by atoms with Crippen molar-refractivity contribution in [3.63, 3.8) is 0 Å². The SMILES string of the molecule is CC1CCC(C(C)C)C(OC(=O)N(Cc2ccccc2)CC2(O)CCC3C45C=CC6(C=C4C(=O)Cc4c(F)cccc4Cl)CC(O)CCC6(C)C5CCC32C)C1. The van der Waals surface area contributed by atoms with Crippen LogP contribution in [0.15, 0.2) is 72.3 Å². The molecule has 11 unspecified atom stereocenters. The van der Waals surface area contributed by atoms with E-state index < -0.39 is 33.8 Å². The third-order valence-corrected chi connectivity index (χ3v) is 16.9. The van der Waals surface area contributed by atoms with Gasteiger partial charge in [-0.1, -0.05) is 107 Å². The molecule has 7 aliphatic carbocycles. The number of benzene rings is 2. The molecular weight excluding hydrogens is 725 g/mol. The van der Waals surface area contributed by atoms with Crippen LogP contribution in [0.1, 0.15) is 110 Å². The molecular formula is C48H61ClFNO5. The van der Waals surface area contributed by atoms with Crippen molar-refractivity contribution in [3.05, 3.63) is 94.3 Å². The molecule has 1 amide bonds. The summed E-state index contributed by atoms with van der Waals surface area (Å²) >= 11 is 6.52. The van der Waals surface area contributed by atoms with Gasteiger partial charge in [0.15, 0.2) is 5.78 Å². The van der Waals surface area contributed by atoms with Gasteiger partial charge in [0, 0.05) is 45.4 Å². The zero-order valence-corrected chi connectivity index (χ0v) is 34.7. The predicted octanol–water partition coefficient (Wildman–Crippen LogP) is 10.3. The largest absolute Gasteiger partial charge is 0.446 e. The molecule has 7 aliphatic rings. The number of allylic oxidation sites excluding steroid dienone is 4. The van der Waals surface area contributed by atoms with Crippen LogP contribution in [0.5, 0.6) is 0 Å². The number of ether oxygens (including phenoxy) is 1. The number of hydrogen-bond donors (Lipinski definition) is 2. The van der Waals surface area contributed by atoms with E-state index in [1.54, 1.807) is 17.0 Å². The minimum absolute atomic E-state index is 0.0969. The molecule has 2 N–H and O–H groups in total. The van der Waals surface area contributed by atoms with E-state index in [1.165, 1.54) is 6.07 Å². The smallest absolute Gasteiger partial charge is 0.410 e. The summed E-state index contributed by atoms with van der Waals surface area (Å²) in [6.07, 6.45) is 13.3. The number of aliphatic hydroxyl groups is 2. The van der Waals surface area contributed by atoms with Crippen LogP contribution in [0.3, 0.4) is 0 Å². The van der Waals surface area contributed by atoms with Crippen molar-refractivity contribution in [3.8, 4) is 0 Å². The Labute approximate surface area is 337 Å². The van der Waals surface area contributed by atoms with Gasteiger partial charge >= 0.3 is 6.09 Å². The Morgan fingerprint density at radius 3 is 2.39 bits per heavy atom. The van der Waals surface area contributed by atoms with E-state index in [0.717, 1.165) is 44.1 Å². The fourth-order valence-electron chi connectivity index (χ4n) is 13.4. The second-order valence-corrected chi connectivity index (χ2v) is 20.1. The first-order valence-corrected chi connectivity index (χ1v) is 21.7. The van der Waals surface area contributed by atoms with Crippen molar-refractivity contribution < 1.29 is 28.9 Å². The average Bonchev–Trinajstić information content (AvgIpc) is 3.42. The number of Topliss-reactive ketones (excluding diaryl/α,β-unsaturated/α-hetero) is 1. The van der Waals surface area contributed by atoms with Crippen LogP contribution in [-0.4, -0.2) is 51.3 Å². The summed E-state index contributed by atoms with van der Waals surface area (Å²) in [7, 11) is 0. The molecule has 0 radical (unpaired) electrons. The molecule has 2 spiro atoms. The number of carbonyl (C=O) groups excluding carboxylic acids is 2.